The molecule has 0 saturated heterocycles. The van der Waals surface area contributed by atoms with Crippen molar-refractivity contribution >= 4 is 11.8 Å². The molecule has 7 heteroatoms. The number of hydrogen-bond acceptors (Lipinski definition) is 5. The molecule has 0 bridgehead atoms. The summed E-state index contributed by atoms with van der Waals surface area (Å²) < 4.78 is 16.7. The quantitative estimate of drug-likeness (QED) is 0.344. The molecular weight excluding hydrogens is 468 g/mol. The van der Waals surface area contributed by atoms with Crippen LogP contribution in [0.5, 0.6) is 11.5 Å². The lowest BCUT2D eigenvalue weighted by atomic mass is 9.94. The van der Waals surface area contributed by atoms with E-state index in [4.69, 9.17) is 13.9 Å². The summed E-state index contributed by atoms with van der Waals surface area (Å²) in [7, 11) is 0. The van der Waals surface area contributed by atoms with Gasteiger partial charge in [-0.15, -0.1) is 0 Å². The molecule has 1 unspecified atom stereocenters. The third-order valence-corrected chi connectivity index (χ3v) is 6.44. The third-order valence-electron chi connectivity index (χ3n) is 6.44. The lowest BCUT2D eigenvalue weighted by Crippen LogP contribution is -2.45. The number of benzene rings is 2. The van der Waals surface area contributed by atoms with Gasteiger partial charge in [-0.2, -0.15) is 0 Å². The molecule has 3 aromatic rings. The summed E-state index contributed by atoms with van der Waals surface area (Å²) in [6.07, 6.45) is 0.665. The topological polar surface area (TPSA) is 72.2 Å². The molecule has 4 rings (SSSR count). The predicted molar refractivity (Wildman–Crippen MR) is 141 cm³/mol. The van der Waals surface area contributed by atoms with Crippen LogP contribution in [0, 0.1) is 12.8 Å². The van der Waals surface area contributed by atoms with E-state index in [0.717, 1.165) is 16.9 Å². The highest BCUT2D eigenvalue weighted by atomic mass is 16.7. The van der Waals surface area contributed by atoms with Gasteiger partial charge >= 0.3 is 0 Å². The molecule has 0 aliphatic carbocycles. The van der Waals surface area contributed by atoms with Crippen molar-refractivity contribution in [2.24, 2.45) is 5.92 Å². The Morgan fingerprint density at radius 3 is 2.35 bits per heavy atom. The van der Waals surface area contributed by atoms with Gasteiger partial charge in [0, 0.05) is 13.1 Å². The highest BCUT2D eigenvalue weighted by molar-refractivity contribution is 5.88. The minimum atomic E-state index is -0.289. The van der Waals surface area contributed by atoms with Gasteiger partial charge in [0.1, 0.15) is 11.5 Å². The number of rotatable bonds is 11. The molecule has 0 radical (unpaired) electrons. The maximum absolute atomic E-state index is 13.8. The van der Waals surface area contributed by atoms with E-state index >= 15 is 0 Å². The first kappa shape index (κ1) is 26.3. The summed E-state index contributed by atoms with van der Waals surface area (Å²) >= 11 is 0. The molecule has 0 saturated carbocycles. The lowest BCUT2D eigenvalue weighted by Gasteiger charge is -2.31. The summed E-state index contributed by atoms with van der Waals surface area (Å²) in [6.45, 7) is 9.38. The minimum absolute atomic E-state index is 0.00455. The van der Waals surface area contributed by atoms with Gasteiger partial charge in [-0.3, -0.25) is 9.59 Å². The Kier molecular flexibility index (Phi) is 8.54. The Bertz CT molecular complexity index is 1200. The molecule has 37 heavy (non-hydrogen) atoms. The minimum Gasteiger partial charge on any atom is -0.464 e. The molecule has 1 aliphatic rings. The molecular formula is C30H36N2O5. The molecule has 196 valence electrons. The van der Waals surface area contributed by atoms with E-state index in [9.17, 15) is 9.59 Å². The molecule has 2 aromatic carbocycles. The Balaban J connectivity index is 1.56. The number of carbonyl (C=O) groups excluding carboxylic acids is 2. The van der Waals surface area contributed by atoms with Crippen molar-refractivity contribution in [1.29, 1.82) is 0 Å². The second-order valence-electron chi connectivity index (χ2n) is 9.93. The highest BCUT2D eigenvalue weighted by Crippen LogP contribution is 2.33. The number of aryl methyl sites for hydroxylation is 1. The predicted octanol–water partition coefficient (Wildman–Crippen LogP) is 5.52. The standard InChI is InChI=1S/C30H36N2O5/c1-5-26(24-9-7-6-8-10-24)30(34)32(16-21(2)3)19-29(33)31(18-25-13-11-22(4)37-25)17-23-12-14-27-28(15-23)36-20-35-27/h6-15,21,26H,5,16-20H2,1-4H3. The van der Waals surface area contributed by atoms with Gasteiger partial charge in [0.15, 0.2) is 11.5 Å². The number of furan rings is 1. The molecule has 1 aromatic heterocycles. The molecule has 0 spiro atoms. The van der Waals surface area contributed by atoms with Crippen LogP contribution < -0.4 is 9.47 Å². The van der Waals surface area contributed by atoms with Gasteiger partial charge in [0.25, 0.3) is 0 Å². The van der Waals surface area contributed by atoms with Gasteiger partial charge in [-0.05, 0) is 54.7 Å². The number of fused-ring (bicyclic) bond motifs is 1. The molecule has 7 nitrogen and oxygen atoms in total. The van der Waals surface area contributed by atoms with E-state index in [1.807, 2.05) is 74.5 Å². The van der Waals surface area contributed by atoms with Crippen LogP contribution in [0.3, 0.4) is 0 Å². The number of carbonyl (C=O) groups is 2. The van der Waals surface area contributed by atoms with Crippen LogP contribution in [0.15, 0.2) is 65.1 Å². The zero-order chi connectivity index (χ0) is 26.4. The van der Waals surface area contributed by atoms with Crippen LogP contribution in [0.1, 0.15) is 55.8 Å². The van der Waals surface area contributed by atoms with Crippen molar-refractivity contribution < 1.29 is 23.5 Å². The van der Waals surface area contributed by atoms with Crippen molar-refractivity contribution in [2.45, 2.75) is 53.1 Å². The molecule has 0 fully saturated rings. The van der Waals surface area contributed by atoms with Gasteiger partial charge in [-0.25, -0.2) is 0 Å². The summed E-state index contributed by atoms with van der Waals surface area (Å²) in [5, 5.41) is 0. The average Bonchev–Trinajstić information content (AvgIpc) is 3.52. The van der Waals surface area contributed by atoms with Crippen molar-refractivity contribution in [3.8, 4) is 11.5 Å². The van der Waals surface area contributed by atoms with E-state index < -0.39 is 0 Å². The molecule has 2 amide bonds. The van der Waals surface area contributed by atoms with Crippen LogP contribution in [0.2, 0.25) is 0 Å². The van der Waals surface area contributed by atoms with E-state index in [1.165, 1.54) is 0 Å². The summed E-state index contributed by atoms with van der Waals surface area (Å²) in [4.78, 5) is 30.9. The Morgan fingerprint density at radius 1 is 0.919 bits per heavy atom. The molecule has 1 atom stereocenters. The van der Waals surface area contributed by atoms with E-state index in [1.54, 1.807) is 9.80 Å². The summed E-state index contributed by atoms with van der Waals surface area (Å²) in [5.41, 5.74) is 1.89. The molecule has 1 aliphatic heterocycles. The fraction of sp³-hybridized carbons (Fsp3) is 0.400. The number of ether oxygens (including phenoxy) is 2. The first-order chi connectivity index (χ1) is 17.8. The average molecular weight is 505 g/mol. The van der Waals surface area contributed by atoms with E-state index in [2.05, 4.69) is 13.8 Å². The van der Waals surface area contributed by atoms with E-state index in [0.29, 0.717) is 43.3 Å². The maximum atomic E-state index is 13.8. The summed E-state index contributed by atoms with van der Waals surface area (Å²) in [6, 6.07) is 19.3. The number of nitrogens with zero attached hydrogens (tertiary/aromatic N) is 2. The highest BCUT2D eigenvalue weighted by Gasteiger charge is 2.29. The zero-order valence-electron chi connectivity index (χ0n) is 22.1. The normalized spacial score (nSPS) is 13.0. The van der Waals surface area contributed by atoms with Gasteiger partial charge < -0.3 is 23.7 Å². The molecule has 0 N–H and O–H groups in total. The van der Waals surface area contributed by atoms with Crippen molar-refractivity contribution in [3.63, 3.8) is 0 Å². The van der Waals surface area contributed by atoms with Crippen molar-refractivity contribution in [3.05, 3.63) is 83.3 Å². The van der Waals surface area contributed by atoms with Crippen LogP contribution in [0.4, 0.5) is 0 Å². The van der Waals surface area contributed by atoms with Crippen LogP contribution in [-0.4, -0.2) is 41.5 Å². The maximum Gasteiger partial charge on any atom is 0.242 e. The van der Waals surface area contributed by atoms with Crippen LogP contribution in [-0.2, 0) is 22.7 Å². The number of hydrogen-bond donors (Lipinski definition) is 0. The lowest BCUT2D eigenvalue weighted by molar-refractivity contribution is -0.142. The fourth-order valence-corrected chi connectivity index (χ4v) is 4.65. The molecule has 2 heterocycles. The second kappa shape index (κ2) is 12.0. The van der Waals surface area contributed by atoms with Crippen LogP contribution >= 0.6 is 0 Å². The Hall–Kier alpha value is -3.74. The van der Waals surface area contributed by atoms with Gasteiger partial charge in [0.05, 0.1) is 19.0 Å². The fourth-order valence-electron chi connectivity index (χ4n) is 4.65. The SMILES string of the molecule is CCC(C(=O)N(CC(=O)N(Cc1ccc2c(c1)OCO2)Cc1ccc(C)o1)CC(C)C)c1ccccc1. The number of amides is 2. The third kappa shape index (κ3) is 6.73. The first-order valence-electron chi connectivity index (χ1n) is 12.9. The van der Waals surface area contributed by atoms with E-state index in [-0.39, 0.29) is 37.0 Å². The monoisotopic (exact) mass is 504 g/mol. The Labute approximate surface area is 219 Å². The van der Waals surface area contributed by atoms with Gasteiger partial charge in [-0.1, -0.05) is 57.2 Å². The van der Waals surface area contributed by atoms with Crippen molar-refractivity contribution in [2.75, 3.05) is 19.9 Å². The Morgan fingerprint density at radius 2 is 1.68 bits per heavy atom. The van der Waals surface area contributed by atoms with Gasteiger partial charge in [0.2, 0.25) is 18.6 Å². The second-order valence-corrected chi connectivity index (χ2v) is 9.93. The summed E-state index contributed by atoms with van der Waals surface area (Å²) in [5.74, 6) is 2.63. The van der Waals surface area contributed by atoms with Crippen molar-refractivity contribution in [1.82, 2.24) is 9.80 Å². The smallest absolute Gasteiger partial charge is 0.242 e. The first-order valence-corrected chi connectivity index (χ1v) is 12.9. The van der Waals surface area contributed by atoms with Crippen LogP contribution in [0.25, 0.3) is 0 Å². The largest absolute Gasteiger partial charge is 0.464 e. The zero-order valence-corrected chi connectivity index (χ0v) is 22.1.